The molecule has 0 saturated heterocycles. The van der Waals surface area contributed by atoms with Crippen LogP contribution in [-0.2, 0) is 0 Å². The Morgan fingerprint density at radius 1 is 0.941 bits per heavy atom. The third kappa shape index (κ3) is 2.91. The van der Waals surface area contributed by atoms with Crippen molar-refractivity contribution < 1.29 is 9.47 Å². The Bertz CT molecular complexity index is 480. The molecule has 0 aromatic heterocycles. The predicted octanol–water partition coefficient (Wildman–Crippen LogP) is 3.46. The Balaban J connectivity index is 2.11. The summed E-state index contributed by atoms with van der Waals surface area (Å²) in [6.07, 6.45) is 0. The van der Waals surface area contributed by atoms with Gasteiger partial charge in [0.05, 0.1) is 12.3 Å². The molecule has 3 heteroatoms. The van der Waals surface area contributed by atoms with Crippen molar-refractivity contribution in [3.63, 3.8) is 0 Å². The van der Waals surface area contributed by atoms with E-state index in [1.807, 2.05) is 55.5 Å². The quantitative estimate of drug-likeness (QED) is 0.816. The Hall–Kier alpha value is -2.16. The van der Waals surface area contributed by atoms with E-state index < -0.39 is 0 Å². The molecule has 0 saturated carbocycles. The lowest BCUT2D eigenvalue weighted by Gasteiger charge is -2.09. The lowest BCUT2D eigenvalue weighted by atomic mass is 10.3. The summed E-state index contributed by atoms with van der Waals surface area (Å²) < 4.78 is 11.0. The molecular weight excluding hydrogens is 214 g/mol. The maximum Gasteiger partial charge on any atom is 0.150 e. The molecule has 0 aliphatic carbocycles. The summed E-state index contributed by atoms with van der Waals surface area (Å²) in [7, 11) is 0. The minimum Gasteiger partial charge on any atom is -0.494 e. The van der Waals surface area contributed by atoms with Crippen molar-refractivity contribution in [2.75, 3.05) is 12.3 Å². The molecule has 0 atom stereocenters. The maximum atomic E-state index is 5.80. The minimum atomic E-state index is 0.626. The Kier molecular flexibility index (Phi) is 3.50. The van der Waals surface area contributed by atoms with Gasteiger partial charge in [-0.15, -0.1) is 0 Å². The first-order chi connectivity index (χ1) is 8.29. The van der Waals surface area contributed by atoms with Crippen LogP contribution in [-0.4, -0.2) is 6.61 Å². The van der Waals surface area contributed by atoms with E-state index in [9.17, 15) is 0 Å². The highest BCUT2D eigenvalue weighted by Gasteiger charge is 2.01. The van der Waals surface area contributed by atoms with Gasteiger partial charge in [-0.2, -0.15) is 0 Å². The summed E-state index contributed by atoms with van der Waals surface area (Å²) in [4.78, 5) is 0. The second kappa shape index (κ2) is 5.25. The highest BCUT2D eigenvalue weighted by atomic mass is 16.5. The van der Waals surface area contributed by atoms with Crippen LogP contribution in [0, 0.1) is 0 Å². The number of nitrogen functional groups attached to an aromatic ring is 1. The third-order valence-electron chi connectivity index (χ3n) is 2.28. The molecule has 0 heterocycles. The van der Waals surface area contributed by atoms with Gasteiger partial charge in [-0.05, 0) is 43.3 Å². The van der Waals surface area contributed by atoms with Crippen molar-refractivity contribution in [2.24, 2.45) is 0 Å². The van der Waals surface area contributed by atoms with Crippen molar-refractivity contribution in [2.45, 2.75) is 6.92 Å². The first kappa shape index (κ1) is 11.3. The van der Waals surface area contributed by atoms with E-state index in [1.54, 1.807) is 0 Å². The summed E-state index contributed by atoms with van der Waals surface area (Å²) >= 11 is 0. The van der Waals surface area contributed by atoms with Crippen LogP contribution in [0.2, 0.25) is 0 Å². The standard InChI is InChI=1S/C14H15NO2/c1-2-16-11-7-9-12(10-8-11)17-14-6-4-3-5-13(14)15/h3-10H,2,15H2,1H3. The average molecular weight is 229 g/mol. The van der Waals surface area contributed by atoms with Gasteiger partial charge < -0.3 is 15.2 Å². The van der Waals surface area contributed by atoms with Gasteiger partial charge in [0.1, 0.15) is 17.2 Å². The lowest BCUT2D eigenvalue weighted by Crippen LogP contribution is -1.93. The van der Waals surface area contributed by atoms with E-state index in [-0.39, 0.29) is 0 Å². The molecule has 2 aromatic rings. The van der Waals surface area contributed by atoms with Crippen molar-refractivity contribution in [3.05, 3.63) is 48.5 Å². The average Bonchev–Trinajstić information content (AvgIpc) is 2.35. The van der Waals surface area contributed by atoms with E-state index in [1.165, 1.54) is 0 Å². The highest BCUT2D eigenvalue weighted by molar-refractivity contribution is 5.53. The van der Waals surface area contributed by atoms with E-state index in [0.717, 1.165) is 11.5 Å². The van der Waals surface area contributed by atoms with Crippen LogP contribution in [0.25, 0.3) is 0 Å². The molecule has 2 aromatic carbocycles. The van der Waals surface area contributed by atoms with E-state index >= 15 is 0 Å². The number of anilines is 1. The molecule has 0 fully saturated rings. The summed E-state index contributed by atoms with van der Waals surface area (Å²) in [6, 6.07) is 14.9. The zero-order chi connectivity index (χ0) is 12.1. The second-order valence-electron chi connectivity index (χ2n) is 3.54. The van der Waals surface area contributed by atoms with Gasteiger partial charge in [-0.3, -0.25) is 0 Å². The predicted molar refractivity (Wildman–Crippen MR) is 68.5 cm³/mol. The van der Waals surface area contributed by atoms with Gasteiger partial charge in [-0.25, -0.2) is 0 Å². The number of hydrogen-bond acceptors (Lipinski definition) is 3. The zero-order valence-corrected chi connectivity index (χ0v) is 9.72. The maximum absolute atomic E-state index is 5.80. The van der Waals surface area contributed by atoms with Crippen LogP contribution in [0.4, 0.5) is 5.69 Å². The van der Waals surface area contributed by atoms with Crippen LogP contribution in [0.5, 0.6) is 17.2 Å². The molecule has 0 spiro atoms. The van der Waals surface area contributed by atoms with Gasteiger partial charge in [0.25, 0.3) is 0 Å². The van der Waals surface area contributed by atoms with Crippen LogP contribution in [0.3, 0.4) is 0 Å². The zero-order valence-electron chi connectivity index (χ0n) is 9.72. The molecular formula is C14H15NO2. The smallest absolute Gasteiger partial charge is 0.150 e. The monoisotopic (exact) mass is 229 g/mol. The van der Waals surface area contributed by atoms with Gasteiger partial charge in [0, 0.05) is 0 Å². The number of hydrogen-bond donors (Lipinski definition) is 1. The number of rotatable bonds is 4. The molecule has 0 aliphatic rings. The Morgan fingerprint density at radius 2 is 1.59 bits per heavy atom. The first-order valence-corrected chi connectivity index (χ1v) is 5.55. The van der Waals surface area contributed by atoms with E-state index in [2.05, 4.69) is 0 Å². The van der Waals surface area contributed by atoms with Gasteiger partial charge in [0.2, 0.25) is 0 Å². The second-order valence-corrected chi connectivity index (χ2v) is 3.54. The lowest BCUT2D eigenvalue weighted by molar-refractivity contribution is 0.339. The first-order valence-electron chi connectivity index (χ1n) is 5.55. The van der Waals surface area contributed by atoms with Crippen LogP contribution in [0.1, 0.15) is 6.92 Å². The molecule has 17 heavy (non-hydrogen) atoms. The number of benzene rings is 2. The summed E-state index contributed by atoms with van der Waals surface area (Å²) in [5.41, 5.74) is 6.42. The molecule has 0 radical (unpaired) electrons. The van der Waals surface area contributed by atoms with Gasteiger partial charge in [-0.1, -0.05) is 12.1 Å². The summed E-state index contributed by atoms with van der Waals surface area (Å²) in [6.45, 7) is 2.61. The summed E-state index contributed by atoms with van der Waals surface area (Å²) in [5.74, 6) is 2.24. The fourth-order valence-electron chi connectivity index (χ4n) is 1.47. The Labute approximate surface area is 101 Å². The molecule has 0 amide bonds. The van der Waals surface area contributed by atoms with Crippen LogP contribution < -0.4 is 15.2 Å². The third-order valence-corrected chi connectivity index (χ3v) is 2.28. The molecule has 0 aliphatic heterocycles. The highest BCUT2D eigenvalue weighted by Crippen LogP contribution is 2.27. The fraction of sp³-hybridized carbons (Fsp3) is 0.143. The van der Waals surface area contributed by atoms with Gasteiger partial charge in [0.15, 0.2) is 0 Å². The molecule has 3 nitrogen and oxygen atoms in total. The Morgan fingerprint density at radius 3 is 2.24 bits per heavy atom. The fourth-order valence-corrected chi connectivity index (χ4v) is 1.47. The molecule has 0 unspecified atom stereocenters. The van der Waals surface area contributed by atoms with Crippen molar-refractivity contribution in [1.29, 1.82) is 0 Å². The van der Waals surface area contributed by atoms with Crippen molar-refractivity contribution in [3.8, 4) is 17.2 Å². The van der Waals surface area contributed by atoms with Crippen LogP contribution in [0.15, 0.2) is 48.5 Å². The number of para-hydroxylation sites is 2. The molecule has 0 bridgehead atoms. The topological polar surface area (TPSA) is 44.5 Å². The summed E-state index contributed by atoms with van der Waals surface area (Å²) in [5, 5.41) is 0. The van der Waals surface area contributed by atoms with Crippen molar-refractivity contribution in [1.82, 2.24) is 0 Å². The number of ether oxygens (including phenoxy) is 2. The normalized spacial score (nSPS) is 9.94. The molecule has 88 valence electrons. The van der Waals surface area contributed by atoms with E-state index in [4.69, 9.17) is 15.2 Å². The number of nitrogens with two attached hydrogens (primary N) is 1. The van der Waals surface area contributed by atoms with Gasteiger partial charge >= 0.3 is 0 Å². The van der Waals surface area contributed by atoms with E-state index in [0.29, 0.717) is 18.0 Å². The molecule has 2 N–H and O–H groups in total. The molecule has 2 rings (SSSR count). The SMILES string of the molecule is CCOc1ccc(Oc2ccccc2N)cc1. The largest absolute Gasteiger partial charge is 0.494 e. The van der Waals surface area contributed by atoms with Crippen molar-refractivity contribution >= 4 is 5.69 Å². The van der Waals surface area contributed by atoms with Crippen LogP contribution >= 0.6 is 0 Å². The minimum absolute atomic E-state index is 0.626.